The summed E-state index contributed by atoms with van der Waals surface area (Å²) in [7, 11) is 1.60. The number of hydrogen-bond donors (Lipinski definition) is 1. The van der Waals surface area contributed by atoms with Gasteiger partial charge in [-0.2, -0.15) is 5.10 Å². The maximum absolute atomic E-state index is 12.5. The summed E-state index contributed by atoms with van der Waals surface area (Å²) in [6, 6.07) is 13.6. The third-order valence-corrected chi connectivity index (χ3v) is 6.10. The average Bonchev–Trinajstić information content (AvgIpc) is 3.06. The molecule has 0 aliphatic carbocycles. The minimum atomic E-state index is -0.332. The monoisotopic (exact) mass is 415 g/mol. The Balaban J connectivity index is 1.70. The highest BCUT2D eigenvalue weighted by Crippen LogP contribution is 2.37. The van der Waals surface area contributed by atoms with Gasteiger partial charge in [0.05, 0.1) is 18.3 Å². The topological polar surface area (TPSA) is 53.9 Å². The Labute approximate surface area is 173 Å². The number of rotatable bonds is 7. The van der Waals surface area contributed by atoms with E-state index in [0.29, 0.717) is 9.90 Å². The molecule has 3 rings (SSSR count). The van der Waals surface area contributed by atoms with Gasteiger partial charge < -0.3 is 9.64 Å². The minimum Gasteiger partial charge on any atom is -0.497 e. The van der Waals surface area contributed by atoms with Crippen molar-refractivity contribution in [3.05, 3.63) is 57.9 Å². The molecule has 1 amide bonds. The smallest absolute Gasteiger partial charge is 0.283 e. The standard InChI is InChI=1S/C21H22ClN3O2S/c1-4-25(5-2)15-8-6-14(7-9-15)13-23-24-21(26)20-19(22)17-11-10-16(27-3)12-18(17)28-20/h6-13H,4-5H2,1-3H3,(H,24,26)/b23-13+. The molecule has 146 valence electrons. The lowest BCUT2D eigenvalue weighted by Gasteiger charge is -2.20. The first-order valence-electron chi connectivity index (χ1n) is 9.01. The number of hydrazone groups is 1. The highest BCUT2D eigenvalue weighted by Gasteiger charge is 2.17. The van der Waals surface area contributed by atoms with Gasteiger partial charge in [-0.1, -0.05) is 23.7 Å². The van der Waals surface area contributed by atoms with Crippen LogP contribution >= 0.6 is 22.9 Å². The number of benzene rings is 2. The molecular weight excluding hydrogens is 394 g/mol. The number of carbonyl (C=O) groups is 1. The molecule has 0 atom stereocenters. The van der Waals surface area contributed by atoms with Gasteiger partial charge in [-0.05, 0) is 49.7 Å². The number of anilines is 1. The predicted molar refractivity (Wildman–Crippen MR) is 118 cm³/mol. The van der Waals surface area contributed by atoms with Crippen LogP contribution in [-0.2, 0) is 0 Å². The Morgan fingerprint density at radius 2 is 1.93 bits per heavy atom. The normalized spacial score (nSPS) is 11.1. The van der Waals surface area contributed by atoms with E-state index < -0.39 is 0 Å². The molecule has 1 aromatic heterocycles. The third kappa shape index (κ3) is 4.29. The Morgan fingerprint density at radius 3 is 2.57 bits per heavy atom. The maximum Gasteiger partial charge on any atom is 0.283 e. The molecule has 0 saturated heterocycles. The van der Waals surface area contributed by atoms with Crippen molar-refractivity contribution in [2.24, 2.45) is 5.10 Å². The van der Waals surface area contributed by atoms with Crippen molar-refractivity contribution in [2.75, 3.05) is 25.1 Å². The number of fused-ring (bicyclic) bond motifs is 1. The zero-order chi connectivity index (χ0) is 20.1. The molecule has 1 N–H and O–H groups in total. The van der Waals surface area contributed by atoms with E-state index in [2.05, 4.69) is 29.3 Å². The van der Waals surface area contributed by atoms with E-state index in [4.69, 9.17) is 16.3 Å². The van der Waals surface area contributed by atoms with E-state index in [9.17, 15) is 4.79 Å². The van der Waals surface area contributed by atoms with E-state index in [1.54, 1.807) is 13.3 Å². The van der Waals surface area contributed by atoms with Crippen molar-refractivity contribution < 1.29 is 9.53 Å². The molecule has 2 aromatic carbocycles. The summed E-state index contributed by atoms with van der Waals surface area (Å²) >= 11 is 7.68. The van der Waals surface area contributed by atoms with Gasteiger partial charge in [0, 0.05) is 28.9 Å². The van der Waals surface area contributed by atoms with Gasteiger partial charge in [0.15, 0.2) is 0 Å². The van der Waals surface area contributed by atoms with Crippen molar-refractivity contribution in [2.45, 2.75) is 13.8 Å². The summed E-state index contributed by atoms with van der Waals surface area (Å²) in [6.07, 6.45) is 1.62. The van der Waals surface area contributed by atoms with E-state index >= 15 is 0 Å². The highest BCUT2D eigenvalue weighted by molar-refractivity contribution is 7.21. The Kier molecular flexibility index (Phi) is 6.54. The van der Waals surface area contributed by atoms with Crippen molar-refractivity contribution in [1.29, 1.82) is 0 Å². The number of methoxy groups -OCH3 is 1. The van der Waals surface area contributed by atoms with Gasteiger partial charge in [0.25, 0.3) is 5.91 Å². The van der Waals surface area contributed by atoms with Gasteiger partial charge in [-0.25, -0.2) is 5.43 Å². The molecule has 7 heteroatoms. The Bertz CT molecular complexity index is 995. The number of halogens is 1. The zero-order valence-electron chi connectivity index (χ0n) is 16.0. The van der Waals surface area contributed by atoms with Crippen LogP contribution in [0.25, 0.3) is 10.1 Å². The molecule has 0 aliphatic heterocycles. The van der Waals surface area contributed by atoms with Crippen LogP contribution in [0.5, 0.6) is 5.75 Å². The number of thiophene rings is 1. The fraction of sp³-hybridized carbons (Fsp3) is 0.238. The quantitative estimate of drug-likeness (QED) is 0.427. The van der Waals surface area contributed by atoms with Gasteiger partial charge in [-0.15, -0.1) is 11.3 Å². The summed E-state index contributed by atoms with van der Waals surface area (Å²) in [5, 5.41) is 5.32. The molecule has 0 bridgehead atoms. The number of carbonyl (C=O) groups excluding carboxylic acids is 1. The van der Waals surface area contributed by atoms with Crippen LogP contribution in [0.2, 0.25) is 5.02 Å². The summed E-state index contributed by atoms with van der Waals surface area (Å²) < 4.78 is 6.11. The Morgan fingerprint density at radius 1 is 1.21 bits per heavy atom. The van der Waals surface area contributed by atoms with E-state index in [-0.39, 0.29) is 5.91 Å². The molecule has 5 nitrogen and oxygen atoms in total. The molecule has 3 aromatic rings. The largest absolute Gasteiger partial charge is 0.497 e. The summed E-state index contributed by atoms with van der Waals surface area (Å²) in [5.74, 6) is 0.393. The fourth-order valence-electron chi connectivity index (χ4n) is 2.89. The van der Waals surface area contributed by atoms with Crippen LogP contribution in [0, 0.1) is 0 Å². The first-order valence-corrected chi connectivity index (χ1v) is 10.2. The molecule has 28 heavy (non-hydrogen) atoms. The summed E-state index contributed by atoms with van der Waals surface area (Å²) in [5.41, 5.74) is 4.62. The lowest BCUT2D eigenvalue weighted by atomic mass is 10.2. The molecule has 1 heterocycles. The van der Waals surface area contributed by atoms with Gasteiger partial charge in [0.2, 0.25) is 0 Å². The zero-order valence-corrected chi connectivity index (χ0v) is 17.6. The Hall–Kier alpha value is -2.57. The molecule has 0 aliphatic rings. The molecule has 0 fully saturated rings. The predicted octanol–water partition coefficient (Wildman–Crippen LogP) is 5.17. The maximum atomic E-state index is 12.5. The van der Waals surface area contributed by atoms with Crippen LogP contribution in [0.3, 0.4) is 0 Å². The highest BCUT2D eigenvalue weighted by atomic mass is 35.5. The number of hydrogen-bond acceptors (Lipinski definition) is 5. The number of nitrogens with one attached hydrogen (secondary N) is 1. The number of amides is 1. The van der Waals surface area contributed by atoms with E-state index in [1.807, 2.05) is 42.5 Å². The molecule has 0 unspecified atom stereocenters. The minimum absolute atomic E-state index is 0.332. The van der Waals surface area contributed by atoms with Crippen molar-refractivity contribution >= 4 is 50.8 Å². The van der Waals surface area contributed by atoms with Crippen molar-refractivity contribution in [3.8, 4) is 5.75 Å². The van der Waals surface area contributed by atoms with Crippen molar-refractivity contribution in [3.63, 3.8) is 0 Å². The molecule has 0 radical (unpaired) electrons. The molecular formula is C21H22ClN3O2S. The second-order valence-electron chi connectivity index (χ2n) is 6.07. The van der Waals surface area contributed by atoms with Crippen LogP contribution in [-0.4, -0.2) is 32.3 Å². The van der Waals surface area contributed by atoms with Crippen LogP contribution in [0.1, 0.15) is 29.1 Å². The summed E-state index contributed by atoms with van der Waals surface area (Å²) in [4.78, 5) is 15.2. The summed E-state index contributed by atoms with van der Waals surface area (Å²) in [6.45, 7) is 6.18. The lowest BCUT2D eigenvalue weighted by Crippen LogP contribution is -2.21. The van der Waals surface area contributed by atoms with E-state index in [0.717, 1.165) is 34.5 Å². The van der Waals surface area contributed by atoms with Gasteiger partial charge in [0.1, 0.15) is 10.6 Å². The van der Waals surface area contributed by atoms with Crippen LogP contribution in [0.4, 0.5) is 5.69 Å². The third-order valence-electron chi connectivity index (χ3n) is 4.44. The van der Waals surface area contributed by atoms with E-state index in [1.165, 1.54) is 17.0 Å². The second kappa shape index (κ2) is 9.08. The number of nitrogens with zero attached hydrogens (tertiary/aromatic N) is 2. The van der Waals surface area contributed by atoms with Crippen LogP contribution < -0.4 is 15.1 Å². The van der Waals surface area contributed by atoms with Gasteiger partial charge >= 0.3 is 0 Å². The molecule has 0 saturated carbocycles. The average molecular weight is 416 g/mol. The first kappa shape index (κ1) is 20.2. The SMILES string of the molecule is CCN(CC)c1ccc(/C=N/NC(=O)c2sc3cc(OC)ccc3c2Cl)cc1. The van der Waals surface area contributed by atoms with Crippen molar-refractivity contribution in [1.82, 2.24) is 5.43 Å². The second-order valence-corrected chi connectivity index (χ2v) is 7.50. The fourth-order valence-corrected chi connectivity index (χ4v) is 4.33. The van der Waals surface area contributed by atoms with Crippen LogP contribution in [0.15, 0.2) is 47.6 Å². The number of ether oxygens (including phenoxy) is 1. The first-order chi connectivity index (χ1) is 13.6. The molecule has 0 spiro atoms. The van der Waals surface area contributed by atoms with Gasteiger partial charge in [-0.3, -0.25) is 4.79 Å². The lowest BCUT2D eigenvalue weighted by molar-refractivity contribution is 0.0959.